The zero-order valence-electron chi connectivity index (χ0n) is 11.2. The minimum Gasteiger partial charge on any atom is -0.497 e. The molecule has 102 valence electrons. The van der Waals surface area contributed by atoms with Gasteiger partial charge in [-0.3, -0.25) is 0 Å². The van der Waals surface area contributed by atoms with Crippen molar-refractivity contribution in [3.05, 3.63) is 24.3 Å². The summed E-state index contributed by atoms with van der Waals surface area (Å²) in [5.74, 6) is 2.63. The van der Waals surface area contributed by atoms with E-state index in [2.05, 4.69) is 10.6 Å². The minimum absolute atomic E-state index is 0.581. The lowest BCUT2D eigenvalue weighted by Gasteiger charge is -2.24. The van der Waals surface area contributed by atoms with Gasteiger partial charge in [0.25, 0.3) is 0 Å². The molecule has 3 rings (SSSR count). The third-order valence-corrected chi connectivity index (χ3v) is 4.62. The highest BCUT2D eigenvalue weighted by Gasteiger charge is 2.39. The van der Waals surface area contributed by atoms with Crippen LogP contribution in [-0.4, -0.2) is 18.3 Å². The summed E-state index contributed by atoms with van der Waals surface area (Å²) in [6.45, 7) is 0. The van der Waals surface area contributed by atoms with Crippen LogP contribution in [0.4, 0.5) is 5.69 Å². The van der Waals surface area contributed by atoms with Gasteiger partial charge in [-0.05, 0) is 67.6 Å². The van der Waals surface area contributed by atoms with Crippen molar-refractivity contribution in [3.63, 3.8) is 0 Å². The summed E-state index contributed by atoms with van der Waals surface area (Å²) >= 11 is 5.40. The molecule has 1 aromatic carbocycles. The third-order valence-electron chi connectivity index (χ3n) is 4.40. The number of fused-ring (bicyclic) bond motifs is 2. The van der Waals surface area contributed by atoms with Crippen LogP contribution in [-0.2, 0) is 0 Å². The first-order valence-corrected chi connectivity index (χ1v) is 7.37. The number of thiocarbonyl (C=S) groups is 1. The monoisotopic (exact) mass is 276 g/mol. The molecule has 0 unspecified atom stereocenters. The average Bonchev–Trinajstić information content (AvgIpc) is 3.02. The van der Waals surface area contributed by atoms with Crippen molar-refractivity contribution in [2.45, 2.75) is 31.7 Å². The molecule has 2 fully saturated rings. The maximum atomic E-state index is 5.40. The molecule has 2 bridgehead atoms. The molecule has 0 amide bonds. The molecule has 2 N–H and O–H groups in total. The summed E-state index contributed by atoms with van der Waals surface area (Å²) in [5.41, 5.74) is 1.00. The largest absolute Gasteiger partial charge is 0.497 e. The molecule has 0 saturated heterocycles. The molecule has 19 heavy (non-hydrogen) atoms. The topological polar surface area (TPSA) is 33.3 Å². The van der Waals surface area contributed by atoms with Gasteiger partial charge >= 0.3 is 0 Å². The van der Waals surface area contributed by atoms with Gasteiger partial charge < -0.3 is 15.4 Å². The van der Waals surface area contributed by atoms with E-state index in [-0.39, 0.29) is 0 Å². The highest BCUT2D eigenvalue weighted by atomic mass is 32.1. The maximum absolute atomic E-state index is 5.40. The second kappa shape index (κ2) is 5.37. The van der Waals surface area contributed by atoms with Crippen LogP contribution in [0.1, 0.15) is 25.7 Å². The quantitative estimate of drug-likeness (QED) is 0.831. The molecule has 2 saturated carbocycles. The van der Waals surface area contributed by atoms with Crippen LogP contribution >= 0.6 is 12.2 Å². The summed E-state index contributed by atoms with van der Waals surface area (Å²) < 4.78 is 5.14. The molecule has 0 radical (unpaired) electrons. The molecular weight excluding hydrogens is 256 g/mol. The number of nitrogens with one attached hydrogen (secondary N) is 2. The second-order valence-corrected chi connectivity index (χ2v) is 6.02. The Labute approximate surface area is 119 Å². The first-order valence-electron chi connectivity index (χ1n) is 6.96. The van der Waals surface area contributed by atoms with Crippen molar-refractivity contribution < 1.29 is 4.74 Å². The van der Waals surface area contributed by atoms with Crippen LogP contribution in [0.5, 0.6) is 5.75 Å². The van der Waals surface area contributed by atoms with Crippen molar-refractivity contribution in [1.29, 1.82) is 0 Å². The second-order valence-electron chi connectivity index (χ2n) is 5.61. The first-order chi connectivity index (χ1) is 9.24. The predicted octanol–water partition coefficient (Wildman–Crippen LogP) is 3.17. The lowest BCUT2D eigenvalue weighted by atomic mass is 9.96. The summed E-state index contributed by atoms with van der Waals surface area (Å²) in [6, 6.07) is 8.41. The van der Waals surface area contributed by atoms with E-state index in [1.54, 1.807) is 7.11 Å². The van der Waals surface area contributed by atoms with Crippen LogP contribution in [0.2, 0.25) is 0 Å². The molecule has 0 aromatic heterocycles. The zero-order valence-corrected chi connectivity index (χ0v) is 12.0. The fraction of sp³-hybridized carbons (Fsp3) is 0.533. The minimum atomic E-state index is 0.581. The van der Waals surface area contributed by atoms with E-state index in [4.69, 9.17) is 17.0 Å². The fourth-order valence-electron chi connectivity index (χ4n) is 3.43. The van der Waals surface area contributed by atoms with E-state index >= 15 is 0 Å². The van der Waals surface area contributed by atoms with Gasteiger partial charge in [0.15, 0.2) is 5.11 Å². The molecule has 0 spiro atoms. The van der Waals surface area contributed by atoms with Crippen LogP contribution < -0.4 is 15.4 Å². The third kappa shape index (κ3) is 2.84. The van der Waals surface area contributed by atoms with Gasteiger partial charge in [0, 0.05) is 11.7 Å². The highest BCUT2D eigenvalue weighted by molar-refractivity contribution is 7.80. The lowest BCUT2D eigenvalue weighted by molar-refractivity contribution is 0.392. The lowest BCUT2D eigenvalue weighted by Crippen LogP contribution is -2.40. The van der Waals surface area contributed by atoms with Gasteiger partial charge in [-0.15, -0.1) is 0 Å². The zero-order chi connectivity index (χ0) is 13.2. The molecule has 0 aliphatic heterocycles. The summed E-state index contributed by atoms with van der Waals surface area (Å²) in [6.07, 6.45) is 5.47. The van der Waals surface area contributed by atoms with Gasteiger partial charge in [-0.2, -0.15) is 0 Å². The molecule has 2 aliphatic carbocycles. The Hall–Kier alpha value is -1.29. The number of benzene rings is 1. The van der Waals surface area contributed by atoms with E-state index in [1.165, 1.54) is 25.7 Å². The molecule has 3 nitrogen and oxygen atoms in total. The summed E-state index contributed by atoms with van der Waals surface area (Å²) in [7, 11) is 1.67. The number of hydrogen-bond acceptors (Lipinski definition) is 2. The van der Waals surface area contributed by atoms with E-state index in [0.717, 1.165) is 28.4 Å². The van der Waals surface area contributed by atoms with Crippen LogP contribution in [0.15, 0.2) is 24.3 Å². The highest BCUT2D eigenvalue weighted by Crippen LogP contribution is 2.44. The van der Waals surface area contributed by atoms with E-state index in [0.29, 0.717) is 6.04 Å². The van der Waals surface area contributed by atoms with Gasteiger partial charge in [0.2, 0.25) is 0 Å². The van der Waals surface area contributed by atoms with Gasteiger partial charge in [-0.25, -0.2) is 0 Å². The average molecular weight is 276 g/mol. The molecular formula is C15H20N2OS. The van der Waals surface area contributed by atoms with Crippen LogP contribution in [0.3, 0.4) is 0 Å². The van der Waals surface area contributed by atoms with Gasteiger partial charge in [0.1, 0.15) is 5.75 Å². The standard InChI is InChI=1S/C15H20N2OS/c1-18-13-6-4-12(5-7-13)16-15(19)17-14-9-10-2-3-11(14)8-10/h4-7,10-11,14H,2-3,8-9H2,1H3,(H2,16,17,19)/t10-,11-,14+/m0/s1. The van der Waals surface area contributed by atoms with Crippen molar-refractivity contribution in [2.75, 3.05) is 12.4 Å². The number of ether oxygens (including phenoxy) is 1. The van der Waals surface area contributed by atoms with Crippen molar-refractivity contribution in [2.24, 2.45) is 11.8 Å². The van der Waals surface area contributed by atoms with E-state index in [9.17, 15) is 0 Å². The predicted molar refractivity (Wildman–Crippen MR) is 81.6 cm³/mol. The number of anilines is 1. The number of methoxy groups -OCH3 is 1. The Kier molecular flexibility index (Phi) is 3.60. The van der Waals surface area contributed by atoms with Gasteiger partial charge in [0.05, 0.1) is 7.11 Å². The van der Waals surface area contributed by atoms with Crippen molar-refractivity contribution in [3.8, 4) is 5.75 Å². The SMILES string of the molecule is COc1ccc(NC(=S)N[C@@H]2C[C@H]3CC[C@H]2C3)cc1. The molecule has 3 atom stereocenters. The van der Waals surface area contributed by atoms with Gasteiger partial charge in [-0.1, -0.05) is 6.42 Å². The summed E-state index contributed by atoms with van der Waals surface area (Å²) in [5, 5.41) is 7.46. The normalized spacial score (nSPS) is 28.2. The molecule has 1 aromatic rings. The Balaban J connectivity index is 1.53. The maximum Gasteiger partial charge on any atom is 0.171 e. The Morgan fingerprint density at radius 2 is 2.00 bits per heavy atom. The van der Waals surface area contributed by atoms with Crippen molar-refractivity contribution >= 4 is 23.0 Å². The van der Waals surface area contributed by atoms with E-state index in [1.807, 2.05) is 24.3 Å². The Morgan fingerprint density at radius 1 is 1.21 bits per heavy atom. The molecule has 0 heterocycles. The smallest absolute Gasteiger partial charge is 0.171 e. The molecule has 4 heteroatoms. The van der Waals surface area contributed by atoms with Crippen molar-refractivity contribution in [1.82, 2.24) is 5.32 Å². The first kappa shape index (κ1) is 12.7. The number of rotatable bonds is 3. The fourth-order valence-corrected chi connectivity index (χ4v) is 3.70. The Morgan fingerprint density at radius 3 is 2.58 bits per heavy atom. The van der Waals surface area contributed by atoms with Crippen LogP contribution in [0, 0.1) is 11.8 Å². The molecule has 2 aliphatic rings. The number of hydrogen-bond donors (Lipinski definition) is 2. The Bertz CT molecular complexity index is 460. The van der Waals surface area contributed by atoms with Crippen LogP contribution in [0.25, 0.3) is 0 Å². The summed E-state index contributed by atoms with van der Waals surface area (Å²) in [4.78, 5) is 0. The van der Waals surface area contributed by atoms with E-state index < -0.39 is 0 Å².